The molecule has 3 aliphatic rings. The van der Waals surface area contributed by atoms with Crippen LogP contribution in [0.4, 0.5) is 0 Å². The fourth-order valence-corrected chi connectivity index (χ4v) is 5.42. The third-order valence-corrected chi connectivity index (χ3v) is 7.24. The summed E-state index contributed by atoms with van der Waals surface area (Å²) < 4.78 is 8.07. The molecule has 2 aliphatic heterocycles. The molecule has 2 aromatic heterocycles. The Morgan fingerprint density at radius 1 is 1.21 bits per heavy atom. The van der Waals surface area contributed by atoms with Crippen molar-refractivity contribution in [3.8, 4) is 0 Å². The molecule has 0 N–H and O–H groups in total. The molecule has 7 heteroatoms. The highest BCUT2D eigenvalue weighted by molar-refractivity contribution is 5.52. The van der Waals surface area contributed by atoms with Crippen molar-refractivity contribution in [1.29, 1.82) is 0 Å². The molecule has 0 unspecified atom stereocenters. The molecule has 1 aliphatic carbocycles. The van der Waals surface area contributed by atoms with Gasteiger partial charge in [-0.05, 0) is 51.1 Å². The summed E-state index contributed by atoms with van der Waals surface area (Å²) in [6.45, 7) is 5.56. The van der Waals surface area contributed by atoms with Crippen molar-refractivity contribution >= 4 is 5.82 Å². The van der Waals surface area contributed by atoms with Crippen LogP contribution in [-0.2, 0) is 30.7 Å². The Morgan fingerprint density at radius 2 is 2.06 bits per heavy atom. The smallest absolute Gasteiger partial charge is 0.118 e. The molecule has 1 fully saturated rings. The second-order valence-electron chi connectivity index (χ2n) is 9.51. The van der Waals surface area contributed by atoms with E-state index >= 15 is 0 Å². The SMILES string of the molecule is COCc1c(CN(C)[C@H]2CCCc3cccnc32)nc2n1C(N1CCN(C)CC1)=CC=CC2. The standard InChI is InChI=1S/C26H36N6O/c1-29-14-16-31(17-15-29)25-12-5-4-11-24-28-21(23(19-33-3)32(24)25)18-30(2)22-10-6-8-20-9-7-13-27-26(20)22/h4-5,7,9,12-13,22H,6,8,10-11,14-19H2,1-3H3/t22-/m0/s1. The summed E-state index contributed by atoms with van der Waals surface area (Å²) in [4.78, 5) is 17.3. The Bertz CT molecular complexity index is 1030. The molecule has 0 radical (unpaired) electrons. The van der Waals surface area contributed by atoms with Crippen LogP contribution in [-0.4, -0.2) is 76.6 Å². The number of ether oxygens (including phenoxy) is 1. The number of piperazine rings is 1. The van der Waals surface area contributed by atoms with E-state index in [1.165, 1.54) is 29.2 Å². The minimum atomic E-state index is 0.333. The lowest BCUT2D eigenvalue weighted by Crippen LogP contribution is -2.44. The average molecular weight is 449 g/mol. The zero-order valence-electron chi connectivity index (χ0n) is 20.2. The monoisotopic (exact) mass is 448 g/mol. The van der Waals surface area contributed by atoms with Gasteiger partial charge in [-0.25, -0.2) is 4.98 Å². The van der Waals surface area contributed by atoms with E-state index in [0.29, 0.717) is 12.6 Å². The molecule has 0 bridgehead atoms. The first kappa shape index (κ1) is 22.3. The van der Waals surface area contributed by atoms with Crippen molar-refractivity contribution in [3.05, 3.63) is 65.0 Å². The van der Waals surface area contributed by atoms with Crippen LogP contribution in [0.15, 0.2) is 36.6 Å². The van der Waals surface area contributed by atoms with Gasteiger partial charge in [-0.15, -0.1) is 0 Å². The highest BCUT2D eigenvalue weighted by Crippen LogP contribution is 2.34. The predicted molar refractivity (Wildman–Crippen MR) is 131 cm³/mol. The molecule has 0 aromatic carbocycles. The van der Waals surface area contributed by atoms with Gasteiger partial charge in [-0.2, -0.15) is 0 Å². The molecule has 0 spiro atoms. The molecule has 1 saturated heterocycles. The van der Waals surface area contributed by atoms with E-state index in [2.05, 4.69) is 63.7 Å². The number of allylic oxidation sites excluding steroid dienone is 3. The number of methoxy groups -OCH3 is 1. The molecule has 7 nitrogen and oxygen atoms in total. The van der Waals surface area contributed by atoms with Crippen LogP contribution in [0.5, 0.6) is 0 Å². The van der Waals surface area contributed by atoms with Gasteiger partial charge in [0.1, 0.15) is 11.6 Å². The summed E-state index contributed by atoms with van der Waals surface area (Å²) in [5, 5.41) is 0. The van der Waals surface area contributed by atoms with E-state index in [-0.39, 0.29) is 0 Å². The van der Waals surface area contributed by atoms with Gasteiger partial charge in [-0.1, -0.05) is 18.2 Å². The predicted octanol–water partition coefficient (Wildman–Crippen LogP) is 3.09. The van der Waals surface area contributed by atoms with Crippen molar-refractivity contribution in [2.75, 3.05) is 47.4 Å². The quantitative estimate of drug-likeness (QED) is 0.677. The van der Waals surface area contributed by atoms with Crippen LogP contribution in [0.3, 0.4) is 0 Å². The highest BCUT2D eigenvalue weighted by Gasteiger charge is 2.29. The maximum atomic E-state index is 5.70. The fourth-order valence-electron chi connectivity index (χ4n) is 5.42. The molecule has 0 saturated carbocycles. The lowest BCUT2D eigenvalue weighted by molar-refractivity contribution is 0.171. The van der Waals surface area contributed by atoms with Gasteiger partial charge >= 0.3 is 0 Å². The zero-order valence-corrected chi connectivity index (χ0v) is 20.2. The number of likely N-dealkylation sites (N-methyl/N-ethyl adjacent to an activating group) is 1. The number of nitrogens with zero attached hydrogens (tertiary/aromatic N) is 6. The Morgan fingerprint density at radius 3 is 2.88 bits per heavy atom. The maximum Gasteiger partial charge on any atom is 0.118 e. The van der Waals surface area contributed by atoms with Crippen LogP contribution in [0.25, 0.3) is 5.82 Å². The number of pyridine rings is 1. The molecular formula is C26H36N6O. The number of aromatic nitrogens is 3. The molecule has 1 atom stereocenters. The lowest BCUT2D eigenvalue weighted by Gasteiger charge is -2.36. The van der Waals surface area contributed by atoms with Gasteiger partial charge in [0.25, 0.3) is 0 Å². The summed E-state index contributed by atoms with van der Waals surface area (Å²) >= 11 is 0. The largest absolute Gasteiger partial charge is 0.378 e. The Balaban J connectivity index is 1.46. The molecule has 0 amide bonds. The van der Waals surface area contributed by atoms with Crippen LogP contribution in [0, 0.1) is 0 Å². The molecule has 176 valence electrons. The van der Waals surface area contributed by atoms with Crippen LogP contribution in [0.1, 0.15) is 47.4 Å². The zero-order chi connectivity index (χ0) is 22.8. The summed E-state index contributed by atoms with van der Waals surface area (Å²) in [6, 6.07) is 4.63. The normalized spacial score (nSPS) is 21.0. The second kappa shape index (κ2) is 9.79. The Kier molecular flexibility index (Phi) is 6.62. The third kappa shape index (κ3) is 4.50. The Labute approximate surface area is 197 Å². The summed E-state index contributed by atoms with van der Waals surface area (Å²) in [6.07, 6.45) is 12.9. The van der Waals surface area contributed by atoms with E-state index in [0.717, 1.165) is 63.5 Å². The van der Waals surface area contributed by atoms with Crippen molar-refractivity contribution in [2.45, 2.75) is 44.9 Å². The first-order chi connectivity index (χ1) is 16.2. The topological polar surface area (TPSA) is 49.7 Å². The van der Waals surface area contributed by atoms with Crippen molar-refractivity contribution < 1.29 is 4.74 Å². The summed E-state index contributed by atoms with van der Waals surface area (Å²) in [5.41, 5.74) is 4.92. The van der Waals surface area contributed by atoms with E-state index in [1.54, 1.807) is 7.11 Å². The van der Waals surface area contributed by atoms with Gasteiger partial charge < -0.3 is 14.5 Å². The van der Waals surface area contributed by atoms with Gasteiger partial charge in [0.05, 0.1) is 29.7 Å². The lowest BCUT2D eigenvalue weighted by atomic mass is 9.91. The van der Waals surface area contributed by atoms with Crippen LogP contribution >= 0.6 is 0 Å². The first-order valence-electron chi connectivity index (χ1n) is 12.2. The molecule has 2 aromatic rings. The third-order valence-electron chi connectivity index (χ3n) is 7.24. The van der Waals surface area contributed by atoms with E-state index < -0.39 is 0 Å². The van der Waals surface area contributed by atoms with Crippen molar-refractivity contribution in [1.82, 2.24) is 29.2 Å². The average Bonchev–Trinajstić information content (AvgIpc) is 3.02. The molecular weight excluding hydrogens is 412 g/mol. The van der Waals surface area contributed by atoms with Crippen molar-refractivity contribution in [3.63, 3.8) is 0 Å². The number of rotatable bonds is 6. The first-order valence-corrected chi connectivity index (χ1v) is 12.2. The number of fused-ring (bicyclic) bond motifs is 2. The van der Waals surface area contributed by atoms with Crippen molar-refractivity contribution in [2.24, 2.45) is 0 Å². The minimum Gasteiger partial charge on any atom is -0.378 e. The van der Waals surface area contributed by atoms with Crippen LogP contribution in [0.2, 0.25) is 0 Å². The number of hydrogen-bond donors (Lipinski definition) is 0. The van der Waals surface area contributed by atoms with Gasteiger partial charge in [0, 0.05) is 52.5 Å². The molecule has 5 rings (SSSR count). The van der Waals surface area contributed by atoms with Gasteiger partial charge in [0.2, 0.25) is 0 Å². The Hall–Kier alpha value is -2.48. The summed E-state index contributed by atoms with van der Waals surface area (Å²) in [5.74, 6) is 2.33. The van der Waals surface area contributed by atoms with Gasteiger partial charge in [-0.3, -0.25) is 14.5 Å². The number of imidazole rings is 1. The molecule has 33 heavy (non-hydrogen) atoms. The van der Waals surface area contributed by atoms with Gasteiger partial charge in [0.15, 0.2) is 0 Å². The number of aryl methyl sites for hydroxylation is 1. The molecule has 4 heterocycles. The number of hydrogen-bond acceptors (Lipinski definition) is 6. The summed E-state index contributed by atoms with van der Waals surface area (Å²) in [7, 11) is 6.19. The fraction of sp³-hybridized carbons (Fsp3) is 0.538. The van der Waals surface area contributed by atoms with E-state index in [9.17, 15) is 0 Å². The van der Waals surface area contributed by atoms with E-state index in [4.69, 9.17) is 14.7 Å². The van der Waals surface area contributed by atoms with E-state index in [1.807, 2.05) is 6.20 Å². The maximum absolute atomic E-state index is 5.70. The van der Waals surface area contributed by atoms with Crippen LogP contribution < -0.4 is 0 Å². The highest BCUT2D eigenvalue weighted by atomic mass is 16.5. The minimum absolute atomic E-state index is 0.333. The second-order valence-corrected chi connectivity index (χ2v) is 9.51.